The Kier molecular flexibility index (Phi) is 6.47. The van der Waals surface area contributed by atoms with Crippen molar-refractivity contribution in [2.75, 3.05) is 38.0 Å². The number of carbonyl (C=O) groups excluding carboxylic acids is 2. The lowest BCUT2D eigenvalue weighted by molar-refractivity contribution is -0.117. The van der Waals surface area contributed by atoms with Crippen molar-refractivity contribution in [1.82, 2.24) is 9.80 Å². The highest BCUT2D eigenvalue weighted by molar-refractivity contribution is 6.32. The summed E-state index contributed by atoms with van der Waals surface area (Å²) in [7, 11) is 0. The molecular formula is C21H20ClFN4O2. The van der Waals surface area contributed by atoms with Crippen molar-refractivity contribution in [3.8, 4) is 6.07 Å². The van der Waals surface area contributed by atoms with E-state index < -0.39 is 5.82 Å². The number of amides is 2. The zero-order valence-electron chi connectivity index (χ0n) is 15.9. The zero-order valence-corrected chi connectivity index (χ0v) is 16.7. The van der Waals surface area contributed by atoms with Crippen LogP contribution in [0, 0.1) is 24.1 Å². The standard InChI is InChI=1S/C21H20ClFN4O2/c1-14-2-3-15(10-19(14)23)21(29)27-8-6-26(7-9-27)13-20(28)25-17-5-4-16(12-24)18(22)11-17/h2-5,10-11H,6-9,13H2,1H3,(H,25,28). The highest BCUT2D eigenvalue weighted by Gasteiger charge is 2.23. The third-order valence-electron chi connectivity index (χ3n) is 4.82. The maximum Gasteiger partial charge on any atom is 0.254 e. The summed E-state index contributed by atoms with van der Waals surface area (Å²) < 4.78 is 13.7. The molecule has 0 spiro atoms. The number of hydrogen-bond acceptors (Lipinski definition) is 4. The second kappa shape index (κ2) is 9.03. The van der Waals surface area contributed by atoms with E-state index in [1.54, 1.807) is 36.1 Å². The summed E-state index contributed by atoms with van der Waals surface area (Å²) in [4.78, 5) is 28.4. The van der Waals surface area contributed by atoms with E-state index in [-0.39, 0.29) is 23.4 Å². The molecule has 150 valence electrons. The molecule has 0 atom stereocenters. The van der Waals surface area contributed by atoms with Crippen molar-refractivity contribution in [2.45, 2.75) is 6.92 Å². The molecule has 1 heterocycles. The Morgan fingerprint density at radius 3 is 2.52 bits per heavy atom. The average Bonchev–Trinajstić information content (AvgIpc) is 2.70. The first kappa shape index (κ1) is 20.8. The van der Waals surface area contributed by atoms with E-state index in [2.05, 4.69) is 5.32 Å². The van der Waals surface area contributed by atoms with Crippen LogP contribution in [0.25, 0.3) is 0 Å². The van der Waals surface area contributed by atoms with Crippen LogP contribution in [-0.4, -0.2) is 54.3 Å². The SMILES string of the molecule is Cc1ccc(C(=O)N2CCN(CC(=O)Nc3ccc(C#N)c(Cl)c3)CC2)cc1F. The second-order valence-electron chi connectivity index (χ2n) is 6.89. The normalized spacial score (nSPS) is 14.3. The molecule has 1 aliphatic heterocycles. The van der Waals surface area contributed by atoms with Gasteiger partial charge in [0, 0.05) is 37.4 Å². The summed E-state index contributed by atoms with van der Waals surface area (Å²) in [5.74, 6) is -0.805. The first-order valence-electron chi connectivity index (χ1n) is 9.14. The Morgan fingerprint density at radius 1 is 1.17 bits per heavy atom. The van der Waals surface area contributed by atoms with Gasteiger partial charge < -0.3 is 10.2 Å². The number of anilines is 1. The predicted molar refractivity (Wildman–Crippen MR) is 108 cm³/mol. The number of carbonyl (C=O) groups is 2. The topological polar surface area (TPSA) is 76.4 Å². The fourth-order valence-corrected chi connectivity index (χ4v) is 3.33. The number of halogens is 2. The van der Waals surface area contributed by atoms with Crippen LogP contribution in [0.2, 0.25) is 5.02 Å². The van der Waals surface area contributed by atoms with Gasteiger partial charge in [-0.2, -0.15) is 5.26 Å². The fraction of sp³-hybridized carbons (Fsp3) is 0.286. The van der Waals surface area contributed by atoms with Crippen LogP contribution >= 0.6 is 11.6 Å². The quantitative estimate of drug-likeness (QED) is 0.834. The summed E-state index contributed by atoms with van der Waals surface area (Å²) in [6, 6.07) is 11.2. The molecule has 2 aromatic rings. The molecule has 1 N–H and O–H groups in total. The van der Waals surface area contributed by atoms with E-state index in [1.165, 1.54) is 12.1 Å². The summed E-state index contributed by atoms with van der Waals surface area (Å²) >= 11 is 5.97. The Balaban J connectivity index is 1.51. The van der Waals surface area contributed by atoms with Gasteiger partial charge in [-0.25, -0.2) is 4.39 Å². The lowest BCUT2D eigenvalue weighted by Crippen LogP contribution is -2.50. The molecule has 3 rings (SSSR count). The van der Waals surface area contributed by atoms with Crippen LogP contribution in [0.1, 0.15) is 21.5 Å². The molecule has 1 fully saturated rings. The first-order chi connectivity index (χ1) is 13.9. The van der Waals surface area contributed by atoms with E-state index in [0.717, 1.165) is 0 Å². The lowest BCUT2D eigenvalue weighted by Gasteiger charge is -2.34. The van der Waals surface area contributed by atoms with E-state index in [4.69, 9.17) is 16.9 Å². The Morgan fingerprint density at radius 2 is 1.90 bits per heavy atom. The van der Waals surface area contributed by atoms with Gasteiger partial charge >= 0.3 is 0 Å². The third kappa shape index (κ3) is 5.11. The van der Waals surface area contributed by atoms with E-state index in [0.29, 0.717) is 48.6 Å². The van der Waals surface area contributed by atoms with Gasteiger partial charge in [0.15, 0.2) is 0 Å². The fourth-order valence-electron chi connectivity index (χ4n) is 3.10. The highest BCUT2D eigenvalue weighted by atomic mass is 35.5. The number of rotatable bonds is 4. The van der Waals surface area contributed by atoms with Gasteiger partial charge in [-0.1, -0.05) is 17.7 Å². The number of nitrogens with zero attached hydrogens (tertiary/aromatic N) is 3. The van der Waals surface area contributed by atoms with Gasteiger partial charge in [0.2, 0.25) is 5.91 Å². The van der Waals surface area contributed by atoms with E-state index in [1.807, 2.05) is 11.0 Å². The van der Waals surface area contributed by atoms with Crippen LogP contribution in [-0.2, 0) is 4.79 Å². The third-order valence-corrected chi connectivity index (χ3v) is 5.13. The molecule has 0 unspecified atom stereocenters. The Bertz CT molecular complexity index is 981. The van der Waals surface area contributed by atoms with Crippen LogP contribution in [0.4, 0.5) is 10.1 Å². The molecule has 6 nitrogen and oxygen atoms in total. The smallest absolute Gasteiger partial charge is 0.254 e. The Hall–Kier alpha value is -2.95. The van der Waals surface area contributed by atoms with Crippen molar-refractivity contribution in [3.05, 3.63) is 63.9 Å². The molecule has 8 heteroatoms. The number of piperazine rings is 1. The number of nitriles is 1. The molecule has 0 bridgehead atoms. The zero-order chi connectivity index (χ0) is 21.0. The van der Waals surface area contributed by atoms with E-state index in [9.17, 15) is 14.0 Å². The van der Waals surface area contributed by atoms with Crippen molar-refractivity contribution in [2.24, 2.45) is 0 Å². The van der Waals surface area contributed by atoms with Crippen molar-refractivity contribution >= 4 is 29.1 Å². The van der Waals surface area contributed by atoms with Crippen molar-refractivity contribution in [3.63, 3.8) is 0 Å². The summed E-state index contributed by atoms with van der Waals surface area (Å²) in [5.41, 5.74) is 1.70. The van der Waals surface area contributed by atoms with Gasteiger partial charge in [-0.05, 0) is 42.8 Å². The van der Waals surface area contributed by atoms with Crippen molar-refractivity contribution in [1.29, 1.82) is 5.26 Å². The number of aryl methyl sites for hydroxylation is 1. The number of nitrogens with one attached hydrogen (secondary N) is 1. The monoisotopic (exact) mass is 414 g/mol. The predicted octanol–water partition coefficient (Wildman–Crippen LogP) is 3.06. The first-order valence-corrected chi connectivity index (χ1v) is 9.52. The minimum Gasteiger partial charge on any atom is -0.336 e. The largest absolute Gasteiger partial charge is 0.336 e. The molecule has 1 saturated heterocycles. The second-order valence-corrected chi connectivity index (χ2v) is 7.29. The molecule has 0 aliphatic carbocycles. The van der Waals surface area contributed by atoms with Crippen LogP contribution < -0.4 is 5.32 Å². The van der Waals surface area contributed by atoms with E-state index >= 15 is 0 Å². The van der Waals surface area contributed by atoms with Crippen molar-refractivity contribution < 1.29 is 14.0 Å². The number of benzene rings is 2. The maximum absolute atomic E-state index is 13.7. The van der Waals surface area contributed by atoms with Gasteiger partial charge in [0.25, 0.3) is 5.91 Å². The molecule has 2 amide bonds. The molecule has 1 aliphatic rings. The summed E-state index contributed by atoms with van der Waals surface area (Å²) in [6.45, 7) is 3.84. The van der Waals surface area contributed by atoms with Crippen LogP contribution in [0.3, 0.4) is 0 Å². The summed E-state index contributed by atoms with van der Waals surface area (Å²) in [5, 5.41) is 11.9. The Labute approximate surface area is 173 Å². The maximum atomic E-state index is 13.7. The molecule has 2 aromatic carbocycles. The summed E-state index contributed by atoms with van der Waals surface area (Å²) in [6.07, 6.45) is 0. The molecule has 0 aromatic heterocycles. The number of hydrogen-bond donors (Lipinski definition) is 1. The van der Waals surface area contributed by atoms with Gasteiger partial charge in [-0.15, -0.1) is 0 Å². The molecule has 29 heavy (non-hydrogen) atoms. The molecule has 0 saturated carbocycles. The van der Waals surface area contributed by atoms with Crippen LogP contribution in [0.15, 0.2) is 36.4 Å². The lowest BCUT2D eigenvalue weighted by atomic mass is 10.1. The molecule has 0 radical (unpaired) electrons. The minimum absolute atomic E-state index is 0.179. The molecular weight excluding hydrogens is 395 g/mol. The highest BCUT2D eigenvalue weighted by Crippen LogP contribution is 2.20. The van der Waals surface area contributed by atoms with Gasteiger partial charge in [0.1, 0.15) is 11.9 Å². The van der Waals surface area contributed by atoms with Gasteiger partial charge in [0.05, 0.1) is 17.1 Å². The van der Waals surface area contributed by atoms with Gasteiger partial charge in [-0.3, -0.25) is 14.5 Å². The minimum atomic E-state index is -0.394. The average molecular weight is 415 g/mol. The van der Waals surface area contributed by atoms with Crippen LogP contribution in [0.5, 0.6) is 0 Å².